The van der Waals surface area contributed by atoms with Crippen molar-refractivity contribution in [3.05, 3.63) is 18.2 Å². The van der Waals surface area contributed by atoms with Gasteiger partial charge in [0.15, 0.2) is 0 Å². The molecule has 0 radical (unpaired) electrons. The minimum atomic E-state index is 0.653. The summed E-state index contributed by atoms with van der Waals surface area (Å²) in [5.41, 5.74) is 0. The summed E-state index contributed by atoms with van der Waals surface area (Å²) in [5, 5.41) is 3.32. The van der Waals surface area contributed by atoms with Gasteiger partial charge < -0.3 is 15.0 Å². The zero-order valence-corrected chi connectivity index (χ0v) is 11.1. The second-order valence-corrected chi connectivity index (χ2v) is 3.70. The van der Waals surface area contributed by atoms with Gasteiger partial charge in [-0.05, 0) is 26.5 Å². The fourth-order valence-electron chi connectivity index (χ4n) is 1.63. The Morgan fingerprint density at radius 1 is 1.29 bits per heavy atom. The van der Waals surface area contributed by atoms with Crippen LogP contribution in [0.1, 0.15) is 20.8 Å². The van der Waals surface area contributed by atoms with Gasteiger partial charge in [0.05, 0.1) is 6.61 Å². The Morgan fingerprint density at radius 2 is 2.12 bits per heavy atom. The van der Waals surface area contributed by atoms with Crippen LogP contribution < -0.4 is 15.0 Å². The summed E-state index contributed by atoms with van der Waals surface area (Å²) in [6.07, 6.45) is 0. The van der Waals surface area contributed by atoms with E-state index >= 15 is 0 Å². The molecule has 0 aliphatic carbocycles. The standard InChI is InChI=1S/C13H23N3O/c1-4-14-10-11-16(5-2)12-8-7-9-13(15-12)17-6-3/h7-9,14H,4-6,10-11H2,1-3H3. The van der Waals surface area contributed by atoms with Gasteiger partial charge in [0.2, 0.25) is 5.88 Å². The third-order valence-corrected chi connectivity index (χ3v) is 2.52. The first-order valence-electron chi connectivity index (χ1n) is 6.37. The maximum absolute atomic E-state index is 5.41. The van der Waals surface area contributed by atoms with E-state index in [9.17, 15) is 0 Å². The van der Waals surface area contributed by atoms with E-state index in [4.69, 9.17) is 4.74 Å². The molecular formula is C13H23N3O. The van der Waals surface area contributed by atoms with E-state index in [1.807, 2.05) is 25.1 Å². The molecule has 0 fully saturated rings. The third kappa shape index (κ3) is 4.61. The van der Waals surface area contributed by atoms with E-state index < -0.39 is 0 Å². The van der Waals surface area contributed by atoms with Crippen molar-refractivity contribution in [2.45, 2.75) is 20.8 Å². The number of ether oxygens (including phenoxy) is 1. The Hall–Kier alpha value is -1.29. The summed E-state index contributed by atoms with van der Waals surface area (Å²) in [4.78, 5) is 6.73. The van der Waals surface area contributed by atoms with Crippen molar-refractivity contribution in [1.82, 2.24) is 10.3 Å². The largest absolute Gasteiger partial charge is 0.478 e. The maximum atomic E-state index is 5.41. The van der Waals surface area contributed by atoms with Crippen molar-refractivity contribution in [3.63, 3.8) is 0 Å². The highest BCUT2D eigenvalue weighted by atomic mass is 16.5. The van der Waals surface area contributed by atoms with Gasteiger partial charge in [0.1, 0.15) is 5.82 Å². The molecular weight excluding hydrogens is 214 g/mol. The molecule has 4 nitrogen and oxygen atoms in total. The highest BCUT2D eigenvalue weighted by Gasteiger charge is 2.06. The first-order valence-corrected chi connectivity index (χ1v) is 6.37. The molecule has 17 heavy (non-hydrogen) atoms. The maximum Gasteiger partial charge on any atom is 0.215 e. The van der Waals surface area contributed by atoms with Crippen LogP contribution in [0.4, 0.5) is 5.82 Å². The number of likely N-dealkylation sites (N-methyl/N-ethyl adjacent to an activating group) is 2. The molecule has 0 aliphatic heterocycles. The first-order chi connectivity index (χ1) is 8.31. The molecule has 0 spiro atoms. The van der Waals surface area contributed by atoms with Crippen molar-refractivity contribution in [2.75, 3.05) is 37.7 Å². The average Bonchev–Trinajstić information content (AvgIpc) is 2.35. The minimum Gasteiger partial charge on any atom is -0.478 e. The number of hydrogen-bond acceptors (Lipinski definition) is 4. The smallest absolute Gasteiger partial charge is 0.215 e. The van der Waals surface area contributed by atoms with Crippen LogP contribution in [0, 0.1) is 0 Å². The van der Waals surface area contributed by atoms with Gasteiger partial charge in [0, 0.05) is 25.7 Å². The Morgan fingerprint density at radius 3 is 2.76 bits per heavy atom. The van der Waals surface area contributed by atoms with E-state index in [0.717, 1.165) is 32.0 Å². The minimum absolute atomic E-state index is 0.653. The predicted molar refractivity (Wildman–Crippen MR) is 71.8 cm³/mol. The fourth-order valence-corrected chi connectivity index (χ4v) is 1.63. The molecule has 0 aliphatic rings. The monoisotopic (exact) mass is 237 g/mol. The highest BCUT2D eigenvalue weighted by molar-refractivity contribution is 5.40. The summed E-state index contributed by atoms with van der Waals surface area (Å²) in [6, 6.07) is 5.91. The zero-order chi connectivity index (χ0) is 12.5. The summed E-state index contributed by atoms with van der Waals surface area (Å²) in [5.74, 6) is 1.68. The molecule has 0 saturated carbocycles. The molecule has 0 amide bonds. The van der Waals surface area contributed by atoms with Crippen molar-refractivity contribution in [3.8, 4) is 5.88 Å². The van der Waals surface area contributed by atoms with E-state index in [1.54, 1.807) is 0 Å². The summed E-state index contributed by atoms with van der Waals surface area (Å²) in [6.45, 7) is 10.8. The first kappa shape index (κ1) is 13.8. The Bertz CT molecular complexity index is 317. The Balaban J connectivity index is 2.63. The summed E-state index contributed by atoms with van der Waals surface area (Å²) >= 11 is 0. The molecule has 0 aromatic carbocycles. The van der Waals surface area contributed by atoms with Crippen LogP contribution in [0.5, 0.6) is 5.88 Å². The fraction of sp³-hybridized carbons (Fsp3) is 0.615. The predicted octanol–water partition coefficient (Wildman–Crippen LogP) is 1.92. The SMILES string of the molecule is CCNCCN(CC)c1cccc(OCC)n1. The van der Waals surface area contributed by atoms with Crippen LogP contribution in [0.25, 0.3) is 0 Å². The molecule has 1 rings (SSSR count). The van der Waals surface area contributed by atoms with Crippen LogP contribution >= 0.6 is 0 Å². The van der Waals surface area contributed by atoms with Gasteiger partial charge in [-0.3, -0.25) is 0 Å². The number of hydrogen-bond donors (Lipinski definition) is 1. The van der Waals surface area contributed by atoms with E-state index in [1.165, 1.54) is 0 Å². The van der Waals surface area contributed by atoms with Crippen LogP contribution in [0.2, 0.25) is 0 Å². The van der Waals surface area contributed by atoms with Gasteiger partial charge in [-0.1, -0.05) is 13.0 Å². The van der Waals surface area contributed by atoms with Crippen molar-refractivity contribution in [1.29, 1.82) is 0 Å². The highest BCUT2D eigenvalue weighted by Crippen LogP contribution is 2.15. The van der Waals surface area contributed by atoms with Crippen molar-refractivity contribution < 1.29 is 4.74 Å². The lowest BCUT2D eigenvalue weighted by Gasteiger charge is -2.22. The van der Waals surface area contributed by atoms with E-state index in [-0.39, 0.29) is 0 Å². The number of aromatic nitrogens is 1. The van der Waals surface area contributed by atoms with E-state index in [2.05, 4.69) is 29.0 Å². The third-order valence-electron chi connectivity index (χ3n) is 2.52. The normalized spacial score (nSPS) is 10.3. The molecule has 0 atom stereocenters. The van der Waals surface area contributed by atoms with Crippen LogP contribution in [0.3, 0.4) is 0 Å². The van der Waals surface area contributed by atoms with Gasteiger partial charge in [-0.25, -0.2) is 0 Å². The van der Waals surface area contributed by atoms with Gasteiger partial charge >= 0.3 is 0 Å². The van der Waals surface area contributed by atoms with Crippen LogP contribution in [-0.2, 0) is 0 Å². The summed E-state index contributed by atoms with van der Waals surface area (Å²) < 4.78 is 5.41. The Labute approximate surface area is 104 Å². The number of rotatable bonds is 8. The lowest BCUT2D eigenvalue weighted by atomic mass is 10.4. The second-order valence-electron chi connectivity index (χ2n) is 3.70. The van der Waals surface area contributed by atoms with Crippen LogP contribution in [-0.4, -0.2) is 37.8 Å². The molecule has 0 saturated heterocycles. The van der Waals surface area contributed by atoms with Gasteiger partial charge in [-0.15, -0.1) is 0 Å². The number of nitrogens with zero attached hydrogens (tertiary/aromatic N) is 2. The quantitative estimate of drug-likeness (QED) is 0.701. The lowest BCUT2D eigenvalue weighted by Crippen LogP contribution is -2.32. The molecule has 0 bridgehead atoms. The van der Waals surface area contributed by atoms with Gasteiger partial charge in [0.25, 0.3) is 0 Å². The topological polar surface area (TPSA) is 37.4 Å². The molecule has 96 valence electrons. The van der Waals surface area contributed by atoms with Crippen LogP contribution in [0.15, 0.2) is 18.2 Å². The second kappa shape index (κ2) is 7.90. The van der Waals surface area contributed by atoms with E-state index in [0.29, 0.717) is 12.5 Å². The Kier molecular flexibility index (Phi) is 6.40. The molecule has 1 aromatic heterocycles. The van der Waals surface area contributed by atoms with Crippen molar-refractivity contribution in [2.24, 2.45) is 0 Å². The average molecular weight is 237 g/mol. The number of pyridine rings is 1. The molecule has 1 aromatic rings. The molecule has 1 N–H and O–H groups in total. The zero-order valence-electron chi connectivity index (χ0n) is 11.1. The molecule has 0 unspecified atom stereocenters. The lowest BCUT2D eigenvalue weighted by molar-refractivity contribution is 0.327. The number of anilines is 1. The number of nitrogens with one attached hydrogen (secondary N) is 1. The van der Waals surface area contributed by atoms with Crippen molar-refractivity contribution >= 4 is 5.82 Å². The molecule has 1 heterocycles. The molecule has 4 heteroatoms. The summed E-state index contributed by atoms with van der Waals surface area (Å²) in [7, 11) is 0. The van der Waals surface area contributed by atoms with Gasteiger partial charge in [-0.2, -0.15) is 4.98 Å².